The fourth-order valence-corrected chi connectivity index (χ4v) is 3.03. The molecule has 0 aromatic rings. The molecule has 2 fully saturated rings. The highest BCUT2D eigenvalue weighted by Gasteiger charge is 2.25. The molecule has 1 aliphatic carbocycles. The molecule has 1 heterocycles. The van der Waals surface area contributed by atoms with Crippen LogP contribution < -0.4 is 5.32 Å². The lowest BCUT2D eigenvalue weighted by molar-refractivity contribution is -0.133. The molecule has 0 aromatic heterocycles. The van der Waals surface area contributed by atoms with E-state index in [-0.39, 0.29) is 0 Å². The Morgan fingerprint density at radius 3 is 2.69 bits per heavy atom. The van der Waals surface area contributed by atoms with Crippen molar-refractivity contribution in [1.29, 1.82) is 0 Å². The first kappa shape index (κ1) is 11.9. The van der Waals surface area contributed by atoms with E-state index in [1.54, 1.807) is 0 Å². The predicted molar refractivity (Wildman–Crippen MR) is 65.2 cm³/mol. The fourth-order valence-electron chi connectivity index (χ4n) is 3.03. The molecule has 0 spiro atoms. The van der Waals surface area contributed by atoms with Crippen LogP contribution in [0.15, 0.2) is 0 Å². The lowest BCUT2D eigenvalue weighted by Gasteiger charge is -2.33. The van der Waals surface area contributed by atoms with Gasteiger partial charge in [0.15, 0.2) is 0 Å². The molecule has 16 heavy (non-hydrogen) atoms. The smallest absolute Gasteiger partial charge is 0.222 e. The monoisotopic (exact) mass is 224 g/mol. The number of amides is 1. The van der Waals surface area contributed by atoms with Crippen molar-refractivity contribution in [3.8, 4) is 0 Å². The summed E-state index contributed by atoms with van der Waals surface area (Å²) in [5.41, 5.74) is 0. The lowest BCUT2D eigenvalue weighted by Crippen LogP contribution is -2.47. The zero-order valence-electron chi connectivity index (χ0n) is 10.4. The molecule has 92 valence electrons. The van der Waals surface area contributed by atoms with E-state index in [2.05, 4.69) is 10.2 Å². The molecular formula is C13H24N2O. The Morgan fingerprint density at radius 1 is 1.25 bits per heavy atom. The van der Waals surface area contributed by atoms with Gasteiger partial charge in [-0.15, -0.1) is 0 Å². The minimum atomic E-state index is 0.395. The quantitative estimate of drug-likeness (QED) is 0.792. The molecule has 0 radical (unpaired) electrons. The SMILES string of the molecule is CNC1CCCN(C(=O)CC2CCCC2)C1. The zero-order valence-corrected chi connectivity index (χ0v) is 10.4. The van der Waals surface area contributed by atoms with Gasteiger partial charge < -0.3 is 10.2 Å². The molecule has 3 nitrogen and oxygen atoms in total. The molecule has 1 aliphatic heterocycles. The standard InChI is InChI=1S/C13H24N2O/c1-14-12-7-4-8-15(10-12)13(16)9-11-5-2-3-6-11/h11-12,14H,2-10H2,1H3. The van der Waals surface area contributed by atoms with Crippen LogP contribution in [0.2, 0.25) is 0 Å². The molecule has 1 unspecified atom stereocenters. The summed E-state index contributed by atoms with van der Waals surface area (Å²) in [5.74, 6) is 1.08. The largest absolute Gasteiger partial charge is 0.341 e. The average Bonchev–Trinajstić information content (AvgIpc) is 2.82. The highest BCUT2D eigenvalue weighted by Crippen LogP contribution is 2.28. The van der Waals surface area contributed by atoms with E-state index in [0.29, 0.717) is 17.9 Å². The van der Waals surface area contributed by atoms with Crippen molar-refractivity contribution in [2.75, 3.05) is 20.1 Å². The number of hydrogen-bond acceptors (Lipinski definition) is 2. The minimum absolute atomic E-state index is 0.395. The zero-order chi connectivity index (χ0) is 11.4. The van der Waals surface area contributed by atoms with Crippen LogP contribution in [0.5, 0.6) is 0 Å². The van der Waals surface area contributed by atoms with Crippen molar-refractivity contribution in [1.82, 2.24) is 10.2 Å². The van der Waals surface area contributed by atoms with Gasteiger partial charge in [0, 0.05) is 25.6 Å². The molecule has 1 saturated heterocycles. The van der Waals surface area contributed by atoms with Crippen molar-refractivity contribution in [2.24, 2.45) is 5.92 Å². The van der Waals surface area contributed by atoms with Crippen molar-refractivity contribution in [2.45, 2.75) is 51.0 Å². The topological polar surface area (TPSA) is 32.3 Å². The van der Waals surface area contributed by atoms with Crippen LogP contribution in [0.25, 0.3) is 0 Å². The van der Waals surface area contributed by atoms with E-state index in [1.165, 1.54) is 32.1 Å². The van der Waals surface area contributed by atoms with Gasteiger partial charge in [-0.2, -0.15) is 0 Å². The summed E-state index contributed by atoms with van der Waals surface area (Å²) in [6, 6.07) is 0.515. The van der Waals surface area contributed by atoms with Crippen molar-refractivity contribution in [3.05, 3.63) is 0 Å². The van der Waals surface area contributed by atoms with Gasteiger partial charge in [0.2, 0.25) is 5.91 Å². The number of nitrogens with one attached hydrogen (secondary N) is 1. The second kappa shape index (κ2) is 5.67. The molecule has 2 aliphatic rings. The maximum atomic E-state index is 12.1. The van der Waals surface area contributed by atoms with Crippen LogP contribution >= 0.6 is 0 Å². The number of nitrogens with zero attached hydrogens (tertiary/aromatic N) is 1. The fraction of sp³-hybridized carbons (Fsp3) is 0.923. The minimum Gasteiger partial charge on any atom is -0.341 e. The maximum Gasteiger partial charge on any atom is 0.222 e. The van der Waals surface area contributed by atoms with Gasteiger partial charge >= 0.3 is 0 Å². The third-order valence-corrected chi connectivity index (χ3v) is 4.12. The van der Waals surface area contributed by atoms with E-state index in [0.717, 1.165) is 25.9 Å². The average molecular weight is 224 g/mol. The first-order valence-electron chi connectivity index (χ1n) is 6.74. The predicted octanol–water partition coefficient (Wildman–Crippen LogP) is 1.78. The summed E-state index contributed by atoms with van der Waals surface area (Å²) in [6.07, 6.45) is 8.38. The summed E-state index contributed by atoms with van der Waals surface area (Å²) < 4.78 is 0. The molecule has 2 rings (SSSR count). The van der Waals surface area contributed by atoms with Gasteiger partial charge in [-0.1, -0.05) is 12.8 Å². The Morgan fingerprint density at radius 2 is 2.00 bits per heavy atom. The van der Waals surface area contributed by atoms with Crippen LogP contribution in [0.3, 0.4) is 0 Å². The van der Waals surface area contributed by atoms with Gasteiger partial charge in [0.25, 0.3) is 0 Å². The summed E-state index contributed by atoms with van der Waals surface area (Å²) in [4.78, 5) is 14.2. The second-order valence-corrected chi connectivity index (χ2v) is 5.32. The first-order chi connectivity index (χ1) is 7.79. The number of piperidine rings is 1. The third-order valence-electron chi connectivity index (χ3n) is 4.12. The highest BCUT2D eigenvalue weighted by atomic mass is 16.2. The van der Waals surface area contributed by atoms with Gasteiger partial charge in [0.05, 0.1) is 0 Å². The third kappa shape index (κ3) is 2.97. The Balaban J connectivity index is 1.79. The Kier molecular flexibility index (Phi) is 4.22. The number of carbonyl (C=O) groups is 1. The second-order valence-electron chi connectivity index (χ2n) is 5.32. The Labute approximate surface area is 98.6 Å². The van der Waals surface area contributed by atoms with Crippen LogP contribution in [0.4, 0.5) is 0 Å². The van der Waals surface area contributed by atoms with E-state index in [9.17, 15) is 4.79 Å². The van der Waals surface area contributed by atoms with Crippen molar-refractivity contribution < 1.29 is 4.79 Å². The Bertz CT molecular complexity index is 236. The van der Waals surface area contributed by atoms with Crippen LogP contribution in [-0.2, 0) is 4.79 Å². The lowest BCUT2D eigenvalue weighted by atomic mass is 10.0. The van der Waals surface area contributed by atoms with Gasteiger partial charge in [-0.25, -0.2) is 0 Å². The van der Waals surface area contributed by atoms with Crippen molar-refractivity contribution >= 4 is 5.91 Å². The molecular weight excluding hydrogens is 200 g/mol. The first-order valence-corrected chi connectivity index (χ1v) is 6.74. The van der Waals surface area contributed by atoms with Gasteiger partial charge in [-0.05, 0) is 38.6 Å². The van der Waals surface area contributed by atoms with E-state index < -0.39 is 0 Å². The number of likely N-dealkylation sites (N-methyl/N-ethyl adjacent to an activating group) is 1. The number of rotatable bonds is 3. The summed E-state index contributed by atoms with van der Waals surface area (Å²) in [7, 11) is 2.00. The van der Waals surface area contributed by atoms with E-state index in [4.69, 9.17) is 0 Å². The molecule has 1 atom stereocenters. The molecule has 1 saturated carbocycles. The van der Waals surface area contributed by atoms with E-state index >= 15 is 0 Å². The Hall–Kier alpha value is -0.570. The number of likely N-dealkylation sites (tertiary alicyclic amines) is 1. The summed E-state index contributed by atoms with van der Waals surface area (Å²) >= 11 is 0. The molecule has 1 N–H and O–H groups in total. The van der Waals surface area contributed by atoms with Crippen LogP contribution in [0, 0.1) is 5.92 Å². The summed E-state index contributed by atoms with van der Waals surface area (Å²) in [5, 5.41) is 3.29. The maximum absolute atomic E-state index is 12.1. The molecule has 0 bridgehead atoms. The summed E-state index contributed by atoms with van der Waals surface area (Å²) in [6.45, 7) is 1.89. The normalized spacial score (nSPS) is 27.3. The number of hydrogen-bond donors (Lipinski definition) is 1. The van der Waals surface area contributed by atoms with Gasteiger partial charge in [0.1, 0.15) is 0 Å². The number of carbonyl (C=O) groups excluding carboxylic acids is 1. The molecule has 3 heteroatoms. The van der Waals surface area contributed by atoms with E-state index in [1.807, 2.05) is 7.05 Å². The van der Waals surface area contributed by atoms with Crippen LogP contribution in [-0.4, -0.2) is 37.0 Å². The van der Waals surface area contributed by atoms with Crippen molar-refractivity contribution in [3.63, 3.8) is 0 Å². The highest BCUT2D eigenvalue weighted by molar-refractivity contribution is 5.76. The molecule has 0 aromatic carbocycles. The van der Waals surface area contributed by atoms with Gasteiger partial charge in [-0.3, -0.25) is 4.79 Å². The van der Waals surface area contributed by atoms with Crippen LogP contribution in [0.1, 0.15) is 44.9 Å². The molecule has 1 amide bonds.